The summed E-state index contributed by atoms with van der Waals surface area (Å²) < 4.78 is 2.01. The van der Waals surface area contributed by atoms with Crippen molar-refractivity contribution in [3.63, 3.8) is 0 Å². The molecule has 1 unspecified atom stereocenters. The second kappa shape index (κ2) is 8.43. The smallest absolute Gasteiger partial charge is 0.227 e. The number of aryl methyl sites for hydroxylation is 1. The molecule has 0 aliphatic carbocycles. The third-order valence-corrected chi connectivity index (χ3v) is 4.77. The van der Waals surface area contributed by atoms with Gasteiger partial charge in [-0.25, -0.2) is 4.98 Å². The van der Waals surface area contributed by atoms with E-state index < -0.39 is 0 Å². The summed E-state index contributed by atoms with van der Waals surface area (Å²) >= 11 is 0. The van der Waals surface area contributed by atoms with E-state index in [2.05, 4.69) is 45.5 Å². The summed E-state index contributed by atoms with van der Waals surface area (Å²) in [7, 11) is 0. The lowest BCUT2D eigenvalue weighted by Crippen LogP contribution is -2.24. The third-order valence-electron chi connectivity index (χ3n) is 4.77. The lowest BCUT2D eigenvalue weighted by Gasteiger charge is -2.16. The van der Waals surface area contributed by atoms with Crippen LogP contribution in [0.1, 0.15) is 44.4 Å². The molecule has 3 rings (SSSR count). The quantitative estimate of drug-likeness (QED) is 0.442. The number of rotatable bonds is 8. The van der Waals surface area contributed by atoms with Gasteiger partial charge in [-0.1, -0.05) is 24.6 Å². The number of aliphatic hydroxyl groups excluding tert-OH is 1. The van der Waals surface area contributed by atoms with Crippen LogP contribution in [0, 0.1) is 6.92 Å². The minimum absolute atomic E-state index is 0.0178. The van der Waals surface area contributed by atoms with Gasteiger partial charge < -0.3 is 26.0 Å². The van der Waals surface area contributed by atoms with E-state index in [1.807, 2.05) is 30.5 Å². The minimum atomic E-state index is -0.104. The lowest BCUT2D eigenvalue weighted by atomic mass is 10.1. The monoisotopic (exact) mass is 383 g/mol. The van der Waals surface area contributed by atoms with Gasteiger partial charge in [-0.05, 0) is 38.8 Å². The van der Waals surface area contributed by atoms with Gasteiger partial charge in [0.1, 0.15) is 0 Å². The molecule has 0 aliphatic rings. The van der Waals surface area contributed by atoms with Crippen molar-refractivity contribution in [3.8, 4) is 0 Å². The van der Waals surface area contributed by atoms with Crippen molar-refractivity contribution in [3.05, 3.63) is 35.7 Å². The summed E-state index contributed by atoms with van der Waals surface area (Å²) in [5.74, 6) is 1.11. The Bertz CT molecular complexity index is 947. The Hall–Kier alpha value is -2.87. The van der Waals surface area contributed by atoms with Gasteiger partial charge in [0.25, 0.3) is 0 Å². The number of imidazole rings is 1. The molecule has 0 saturated carbocycles. The van der Waals surface area contributed by atoms with Crippen molar-refractivity contribution in [2.45, 2.75) is 52.7 Å². The normalized spacial score (nSPS) is 12.5. The highest BCUT2D eigenvalue weighted by molar-refractivity contribution is 5.84. The fraction of sp³-hybridized carbons (Fsp3) is 0.450. The molecule has 0 radical (unpaired) electrons. The van der Waals surface area contributed by atoms with Crippen LogP contribution in [0.2, 0.25) is 0 Å². The highest BCUT2D eigenvalue weighted by atomic mass is 16.3. The van der Waals surface area contributed by atoms with E-state index in [1.54, 1.807) is 6.33 Å². The molecule has 0 saturated heterocycles. The molecule has 1 aromatic carbocycles. The maximum Gasteiger partial charge on any atom is 0.227 e. The van der Waals surface area contributed by atoms with Gasteiger partial charge in [0.15, 0.2) is 17.0 Å². The molecule has 0 aliphatic heterocycles. The first-order chi connectivity index (χ1) is 13.4. The van der Waals surface area contributed by atoms with Gasteiger partial charge in [0, 0.05) is 18.3 Å². The zero-order valence-corrected chi connectivity index (χ0v) is 16.9. The molecule has 28 heavy (non-hydrogen) atoms. The van der Waals surface area contributed by atoms with E-state index in [-0.39, 0.29) is 18.7 Å². The molecule has 0 bridgehead atoms. The molecule has 0 fully saturated rings. The van der Waals surface area contributed by atoms with Crippen molar-refractivity contribution in [1.82, 2.24) is 19.5 Å². The number of nitrogens with one attached hydrogen (secondary N) is 2. The average Bonchev–Trinajstić information content (AvgIpc) is 3.11. The summed E-state index contributed by atoms with van der Waals surface area (Å²) in [5.41, 5.74) is 10.5. The number of nitrogen functional groups attached to an aromatic ring is 1. The standard InChI is InChI=1S/C20H29N7O/c1-5-15(10-28)24-20-25-18(17-19(26-20)27(11-23-17)12(2)3)22-9-14-8-13(4)6-7-16(14)21/h6-8,11-12,15,28H,5,9-10,21H2,1-4H3,(H2,22,24,25,26). The van der Waals surface area contributed by atoms with Crippen LogP contribution in [-0.4, -0.2) is 37.3 Å². The number of benzene rings is 1. The first-order valence-electron chi connectivity index (χ1n) is 9.63. The lowest BCUT2D eigenvalue weighted by molar-refractivity contribution is 0.271. The van der Waals surface area contributed by atoms with Crippen LogP contribution in [0.5, 0.6) is 0 Å². The zero-order chi connectivity index (χ0) is 20.3. The first kappa shape index (κ1) is 19.9. The van der Waals surface area contributed by atoms with E-state index >= 15 is 0 Å². The molecule has 0 amide bonds. The third kappa shape index (κ3) is 4.17. The number of aliphatic hydroxyl groups is 1. The van der Waals surface area contributed by atoms with Crippen molar-refractivity contribution in [2.75, 3.05) is 23.0 Å². The highest BCUT2D eigenvalue weighted by Gasteiger charge is 2.16. The van der Waals surface area contributed by atoms with Crippen molar-refractivity contribution < 1.29 is 5.11 Å². The largest absolute Gasteiger partial charge is 0.398 e. The summed E-state index contributed by atoms with van der Waals surface area (Å²) in [5, 5.41) is 16.1. The van der Waals surface area contributed by atoms with Crippen LogP contribution in [-0.2, 0) is 6.54 Å². The Balaban J connectivity index is 1.98. The molecule has 5 N–H and O–H groups in total. The maximum absolute atomic E-state index is 9.52. The predicted molar refractivity (Wildman–Crippen MR) is 113 cm³/mol. The minimum Gasteiger partial charge on any atom is -0.398 e. The molecule has 8 heteroatoms. The second-order valence-electron chi connectivity index (χ2n) is 7.30. The van der Waals surface area contributed by atoms with Crippen LogP contribution in [0.15, 0.2) is 24.5 Å². The molecule has 0 spiro atoms. The van der Waals surface area contributed by atoms with Gasteiger partial charge >= 0.3 is 0 Å². The van der Waals surface area contributed by atoms with Crippen LogP contribution in [0.3, 0.4) is 0 Å². The Morgan fingerprint density at radius 2 is 2.04 bits per heavy atom. The molecule has 2 aromatic heterocycles. The van der Waals surface area contributed by atoms with Crippen LogP contribution >= 0.6 is 0 Å². The first-order valence-corrected chi connectivity index (χ1v) is 9.63. The van der Waals surface area contributed by atoms with Gasteiger partial charge in [0.05, 0.1) is 19.0 Å². The Kier molecular flexibility index (Phi) is 5.99. The molecule has 1 atom stereocenters. The average molecular weight is 384 g/mol. The fourth-order valence-electron chi connectivity index (χ4n) is 3.01. The zero-order valence-electron chi connectivity index (χ0n) is 16.9. The Morgan fingerprint density at radius 3 is 2.71 bits per heavy atom. The number of hydrogen-bond acceptors (Lipinski definition) is 7. The van der Waals surface area contributed by atoms with Crippen molar-refractivity contribution in [1.29, 1.82) is 0 Å². The number of nitrogens with zero attached hydrogens (tertiary/aromatic N) is 4. The highest BCUT2D eigenvalue weighted by Crippen LogP contribution is 2.25. The maximum atomic E-state index is 9.52. The Morgan fingerprint density at radius 1 is 1.25 bits per heavy atom. The van der Waals surface area contributed by atoms with Crippen molar-refractivity contribution >= 4 is 28.6 Å². The van der Waals surface area contributed by atoms with Crippen molar-refractivity contribution in [2.24, 2.45) is 0 Å². The number of anilines is 3. The van der Waals surface area contributed by atoms with Gasteiger partial charge in [-0.2, -0.15) is 9.97 Å². The molecular weight excluding hydrogens is 354 g/mol. The summed E-state index contributed by atoms with van der Waals surface area (Å²) in [6, 6.07) is 6.08. The number of fused-ring (bicyclic) bond motifs is 1. The summed E-state index contributed by atoms with van der Waals surface area (Å²) in [4.78, 5) is 13.8. The van der Waals surface area contributed by atoms with E-state index in [9.17, 15) is 5.11 Å². The topological polar surface area (TPSA) is 114 Å². The molecule has 2 heterocycles. The van der Waals surface area contributed by atoms with Crippen LogP contribution < -0.4 is 16.4 Å². The van der Waals surface area contributed by atoms with E-state index in [0.29, 0.717) is 23.8 Å². The number of hydrogen-bond donors (Lipinski definition) is 4. The second-order valence-corrected chi connectivity index (χ2v) is 7.30. The SMILES string of the molecule is CCC(CO)Nc1nc(NCc2cc(C)ccc2N)c2ncn(C(C)C)c2n1. The Labute approximate surface area is 165 Å². The van der Waals surface area contributed by atoms with Crippen LogP contribution in [0.4, 0.5) is 17.5 Å². The molecule has 8 nitrogen and oxygen atoms in total. The summed E-state index contributed by atoms with van der Waals surface area (Å²) in [6.45, 7) is 8.76. The van der Waals surface area contributed by atoms with Gasteiger partial charge in [-0.15, -0.1) is 0 Å². The number of nitrogens with two attached hydrogens (primary N) is 1. The summed E-state index contributed by atoms with van der Waals surface area (Å²) in [6.07, 6.45) is 2.55. The number of aromatic nitrogens is 4. The van der Waals surface area contributed by atoms with Gasteiger partial charge in [-0.3, -0.25) is 0 Å². The van der Waals surface area contributed by atoms with E-state index in [4.69, 9.17) is 5.73 Å². The van der Waals surface area contributed by atoms with E-state index in [0.717, 1.165) is 28.9 Å². The molecule has 150 valence electrons. The predicted octanol–water partition coefficient (Wildman–Crippen LogP) is 3.09. The van der Waals surface area contributed by atoms with Gasteiger partial charge in [0.2, 0.25) is 5.95 Å². The molecule has 3 aromatic rings. The van der Waals surface area contributed by atoms with Crippen LogP contribution in [0.25, 0.3) is 11.2 Å². The van der Waals surface area contributed by atoms with E-state index in [1.165, 1.54) is 0 Å². The fourth-order valence-corrected chi connectivity index (χ4v) is 3.01. The molecular formula is C20H29N7O.